The van der Waals surface area contributed by atoms with Gasteiger partial charge in [0.05, 0.1) is 10.6 Å². The largest absolute Gasteiger partial charge is 0.367 e. The predicted molar refractivity (Wildman–Crippen MR) is 84.5 cm³/mol. The molecule has 0 atom stereocenters. The highest BCUT2D eigenvalue weighted by Crippen LogP contribution is 2.41. The van der Waals surface area contributed by atoms with Crippen LogP contribution in [0.25, 0.3) is 22.4 Å². The van der Waals surface area contributed by atoms with Gasteiger partial charge in [0.2, 0.25) is 5.88 Å². The summed E-state index contributed by atoms with van der Waals surface area (Å²) >= 11 is 9.58. The molecule has 6 heteroatoms. The maximum atomic E-state index is 13.2. The Morgan fingerprint density at radius 1 is 1.14 bits per heavy atom. The van der Waals surface area contributed by atoms with E-state index in [9.17, 15) is 4.39 Å². The van der Waals surface area contributed by atoms with Gasteiger partial charge < -0.3 is 10.3 Å². The van der Waals surface area contributed by atoms with Gasteiger partial charge >= 0.3 is 0 Å². The molecule has 0 saturated carbocycles. The smallest absolute Gasteiger partial charge is 0.230 e. The lowest BCUT2D eigenvalue weighted by Crippen LogP contribution is -1.90. The van der Waals surface area contributed by atoms with E-state index in [0.717, 1.165) is 10.0 Å². The number of nitrogens with zero attached hydrogens (tertiary/aromatic N) is 1. The molecule has 0 amide bonds. The fraction of sp³-hybridized carbons (Fsp3) is 0. The van der Waals surface area contributed by atoms with Gasteiger partial charge in [0.15, 0.2) is 0 Å². The number of hydrogen-bond donors (Lipinski definition) is 1. The molecule has 1 aromatic heterocycles. The van der Waals surface area contributed by atoms with Gasteiger partial charge in [-0.1, -0.05) is 50.9 Å². The lowest BCUT2D eigenvalue weighted by molar-refractivity contribution is 0.439. The minimum atomic E-state index is -0.416. The molecule has 0 fully saturated rings. The predicted octanol–water partition coefficient (Wildman–Crippen LogP) is 5.15. The summed E-state index contributed by atoms with van der Waals surface area (Å²) in [5.74, 6) is -0.282. The fourth-order valence-electron chi connectivity index (χ4n) is 2.09. The van der Waals surface area contributed by atoms with Crippen molar-refractivity contribution in [2.24, 2.45) is 0 Å². The third-order valence-corrected chi connectivity index (χ3v) is 4.05. The minimum Gasteiger partial charge on any atom is -0.367 e. The molecule has 0 aliphatic heterocycles. The Bertz CT molecular complexity index is 819. The number of nitrogen functional groups attached to an aromatic ring is 1. The van der Waals surface area contributed by atoms with Crippen LogP contribution in [0.1, 0.15) is 0 Å². The Labute approximate surface area is 133 Å². The molecular weight excluding hydrogens is 359 g/mol. The van der Waals surface area contributed by atoms with E-state index < -0.39 is 5.82 Å². The number of aromatic nitrogens is 1. The Hall–Kier alpha value is -1.85. The summed E-state index contributed by atoms with van der Waals surface area (Å²) in [4.78, 5) is 0. The van der Waals surface area contributed by atoms with Crippen LogP contribution in [0.3, 0.4) is 0 Å². The summed E-state index contributed by atoms with van der Waals surface area (Å²) in [5, 5.41) is 4.25. The monoisotopic (exact) mass is 366 g/mol. The van der Waals surface area contributed by atoms with Crippen molar-refractivity contribution in [1.82, 2.24) is 5.16 Å². The summed E-state index contributed by atoms with van der Waals surface area (Å²) in [5.41, 5.74) is 8.35. The standard InChI is InChI=1S/C15H9BrClFN2O/c16-11-4-2-1-3-9(11)14-13(15(19)21-20-14)10-6-5-8(18)7-12(10)17/h1-7H,19H2. The molecule has 0 spiro atoms. The van der Waals surface area contributed by atoms with Crippen molar-refractivity contribution >= 4 is 33.4 Å². The van der Waals surface area contributed by atoms with E-state index in [2.05, 4.69) is 21.1 Å². The molecule has 0 unspecified atom stereocenters. The Morgan fingerprint density at radius 2 is 1.90 bits per heavy atom. The van der Waals surface area contributed by atoms with Crippen LogP contribution in [0.15, 0.2) is 51.5 Å². The van der Waals surface area contributed by atoms with Gasteiger partial charge in [-0.25, -0.2) is 4.39 Å². The van der Waals surface area contributed by atoms with Crippen molar-refractivity contribution < 1.29 is 8.91 Å². The van der Waals surface area contributed by atoms with Crippen molar-refractivity contribution in [1.29, 1.82) is 0 Å². The molecule has 3 aromatic rings. The topological polar surface area (TPSA) is 52.0 Å². The Kier molecular flexibility index (Phi) is 3.69. The van der Waals surface area contributed by atoms with Crippen molar-refractivity contribution in [2.75, 3.05) is 5.73 Å². The zero-order valence-electron chi connectivity index (χ0n) is 10.6. The molecule has 2 N–H and O–H groups in total. The summed E-state index contributed by atoms with van der Waals surface area (Å²) in [6.45, 7) is 0. The lowest BCUT2D eigenvalue weighted by atomic mass is 10.0. The highest BCUT2D eigenvalue weighted by molar-refractivity contribution is 9.10. The molecule has 0 bridgehead atoms. The van der Waals surface area contributed by atoms with E-state index in [-0.39, 0.29) is 10.9 Å². The van der Waals surface area contributed by atoms with E-state index >= 15 is 0 Å². The number of halogens is 3. The molecule has 0 saturated heterocycles. The lowest BCUT2D eigenvalue weighted by Gasteiger charge is -2.06. The van der Waals surface area contributed by atoms with E-state index in [1.165, 1.54) is 12.1 Å². The molecule has 0 radical (unpaired) electrons. The van der Waals surface area contributed by atoms with Crippen molar-refractivity contribution in [3.8, 4) is 22.4 Å². The second-order valence-electron chi connectivity index (χ2n) is 4.37. The van der Waals surface area contributed by atoms with Gasteiger partial charge in [0.25, 0.3) is 0 Å². The van der Waals surface area contributed by atoms with Crippen LogP contribution < -0.4 is 5.73 Å². The molecule has 3 nitrogen and oxygen atoms in total. The van der Waals surface area contributed by atoms with E-state index in [1.807, 2.05) is 24.3 Å². The second-order valence-corrected chi connectivity index (χ2v) is 5.64. The molecule has 3 rings (SSSR count). The molecule has 2 aromatic carbocycles. The Balaban J connectivity index is 2.25. The molecule has 21 heavy (non-hydrogen) atoms. The summed E-state index contributed by atoms with van der Waals surface area (Å²) in [6, 6.07) is 11.6. The number of rotatable bonds is 2. The highest BCUT2D eigenvalue weighted by atomic mass is 79.9. The summed E-state index contributed by atoms with van der Waals surface area (Å²) in [7, 11) is 0. The van der Waals surface area contributed by atoms with Gasteiger partial charge in [-0.2, -0.15) is 0 Å². The molecule has 0 aliphatic rings. The number of nitrogens with two attached hydrogens (primary N) is 1. The first-order valence-corrected chi connectivity index (χ1v) is 7.20. The maximum absolute atomic E-state index is 13.2. The van der Waals surface area contributed by atoms with Crippen molar-refractivity contribution in [3.63, 3.8) is 0 Å². The first-order valence-electron chi connectivity index (χ1n) is 6.03. The van der Waals surface area contributed by atoms with Crippen LogP contribution in [-0.4, -0.2) is 5.16 Å². The molecule has 0 aliphatic carbocycles. The maximum Gasteiger partial charge on any atom is 0.230 e. The fourth-order valence-corrected chi connectivity index (χ4v) is 2.83. The van der Waals surface area contributed by atoms with Crippen LogP contribution in [0, 0.1) is 5.82 Å². The Morgan fingerprint density at radius 3 is 2.62 bits per heavy atom. The average molecular weight is 368 g/mol. The average Bonchev–Trinajstić information content (AvgIpc) is 2.81. The number of benzene rings is 2. The molecular formula is C15H9BrClFN2O. The van der Waals surface area contributed by atoms with Gasteiger partial charge in [0, 0.05) is 15.6 Å². The highest BCUT2D eigenvalue weighted by Gasteiger charge is 2.21. The van der Waals surface area contributed by atoms with Crippen LogP contribution in [0.5, 0.6) is 0 Å². The van der Waals surface area contributed by atoms with Crippen molar-refractivity contribution in [3.05, 3.63) is 57.8 Å². The minimum absolute atomic E-state index is 0.134. The second kappa shape index (κ2) is 5.50. The molecule has 1 heterocycles. The van der Waals surface area contributed by atoms with E-state index in [0.29, 0.717) is 16.8 Å². The normalized spacial score (nSPS) is 10.8. The van der Waals surface area contributed by atoms with Crippen molar-refractivity contribution in [2.45, 2.75) is 0 Å². The zero-order chi connectivity index (χ0) is 15.0. The number of anilines is 1. The van der Waals surface area contributed by atoms with E-state index in [4.69, 9.17) is 21.9 Å². The first kappa shape index (κ1) is 14.1. The van der Waals surface area contributed by atoms with Gasteiger partial charge in [0.1, 0.15) is 11.5 Å². The van der Waals surface area contributed by atoms with Crippen LogP contribution in [0.2, 0.25) is 5.02 Å². The van der Waals surface area contributed by atoms with Gasteiger partial charge in [-0.05, 0) is 24.3 Å². The number of hydrogen-bond acceptors (Lipinski definition) is 3. The first-order chi connectivity index (χ1) is 10.1. The van der Waals surface area contributed by atoms with E-state index in [1.54, 1.807) is 6.07 Å². The molecule has 106 valence electrons. The quantitative estimate of drug-likeness (QED) is 0.682. The summed E-state index contributed by atoms with van der Waals surface area (Å²) in [6.07, 6.45) is 0. The van der Waals surface area contributed by atoms with Crippen LogP contribution >= 0.6 is 27.5 Å². The van der Waals surface area contributed by atoms with Gasteiger partial charge in [-0.15, -0.1) is 0 Å². The van der Waals surface area contributed by atoms with Crippen LogP contribution in [-0.2, 0) is 0 Å². The van der Waals surface area contributed by atoms with Crippen LogP contribution in [0.4, 0.5) is 10.3 Å². The van der Waals surface area contributed by atoms with Gasteiger partial charge in [-0.3, -0.25) is 0 Å². The zero-order valence-corrected chi connectivity index (χ0v) is 13.0. The summed E-state index contributed by atoms with van der Waals surface area (Å²) < 4.78 is 19.2. The third-order valence-electron chi connectivity index (χ3n) is 3.05. The third kappa shape index (κ3) is 2.54. The SMILES string of the molecule is Nc1onc(-c2ccccc2Br)c1-c1ccc(F)cc1Cl.